The van der Waals surface area contributed by atoms with Gasteiger partial charge in [0.05, 0.1) is 0 Å². The SMILES string of the molecule is CC(F)(F)c1cc2c(cc1CCC(=O)O)OCO2. The van der Waals surface area contributed by atoms with Gasteiger partial charge in [-0.25, -0.2) is 8.78 Å². The largest absolute Gasteiger partial charge is 0.481 e. The molecule has 1 aliphatic rings. The minimum Gasteiger partial charge on any atom is -0.481 e. The van der Waals surface area contributed by atoms with E-state index >= 15 is 0 Å². The number of hydrogen-bond donors (Lipinski definition) is 1. The summed E-state index contributed by atoms with van der Waals surface area (Å²) in [7, 11) is 0. The second kappa shape index (κ2) is 4.44. The van der Waals surface area contributed by atoms with Gasteiger partial charge in [0.15, 0.2) is 11.5 Å². The molecule has 4 nitrogen and oxygen atoms in total. The lowest BCUT2D eigenvalue weighted by Gasteiger charge is -2.16. The Kier molecular flexibility index (Phi) is 3.11. The third-order valence-corrected chi connectivity index (χ3v) is 2.68. The van der Waals surface area contributed by atoms with Gasteiger partial charge in [0.2, 0.25) is 6.79 Å². The smallest absolute Gasteiger partial charge is 0.303 e. The number of carboxylic acids is 1. The lowest BCUT2D eigenvalue weighted by Crippen LogP contribution is -2.12. The minimum absolute atomic E-state index is 0.00750. The summed E-state index contributed by atoms with van der Waals surface area (Å²) in [5.41, 5.74) is 0.0575. The van der Waals surface area contributed by atoms with Crippen LogP contribution in [0.2, 0.25) is 0 Å². The van der Waals surface area contributed by atoms with Crippen LogP contribution in [0, 0.1) is 0 Å². The molecule has 1 N–H and O–H groups in total. The van der Waals surface area contributed by atoms with E-state index in [-0.39, 0.29) is 36.5 Å². The van der Waals surface area contributed by atoms with E-state index in [4.69, 9.17) is 14.6 Å². The van der Waals surface area contributed by atoms with Crippen LogP contribution in [0.1, 0.15) is 24.5 Å². The molecule has 0 spiro atoms. The van der Waals surface area contributed by atoms with Crippen LogP contribution in [0.25, 0.3) is 0 Å². The van der Waals surface area contributed by atoms with Gasteiger partial charge >= 0.3 is 5.97 Å². The highest BCUT2D eigenvalue weighted by atomic mass is 19.3. The van der Waals surface area contributed by atoms with E-state index < -0.39 is 11.9 Å². The molecule has 0 bridgehead atoms. The zero-order valence-electron chi connectivity index (χ0n) is 9.70. The standard InChI is InChI=1S/C12H12F2O4/c1-12(13,14)8-5-10-9(17-6-18-10)4-7(8)2-3-11(15)16/h4-5H,2-3,6H2,1H3,(H,15,16). The molecule has 0 amide bonds. The normalized spacial score (nSPS) is 13.7. The topological polar surface area (TPSA) is 55.8 Å². The number of alkyl halides is 2. The van der Waals surface area contributed by atoms with Gasteiger partial charge in [0.1, 0.15) is 0 Å². The van der Waals surface area contributed by atoms with Crippen LogP contribution >= 0.6 is 0 Å². The van der Waals surface area contributed by atoms with Crippen LogP contribution in [-0.2, 0) is 17.1 Å². The Balaban J connectivity index is 2.38. The number of hydrogen-bond acceptors (Lipinski definition) is 3. The summed E-state index contributed by atoms with van der Waals surface area (Å²) in [6.45, 7) is 0.765. The van der Waals surface area contributed by atoms with Crippen molar-refractivity contribution < 1.29 is 28.2 Å². The predicted octanol–water partition coefficient (Wildman–Crippen LogP) is 2.54. The molecule has 98 valence electrons. The van der Waals surface area contributed by atoms with Crippen LogP contribution in [-0.4, -0.2) is 17.9 Å². The van der Waals surface area contributed by atoms with Crippen molar-refractivity contribution in [3.8, 4) is 11.5 Å². The minimum atomic E-state index is -3.05. The number of ether oxygens (including phenoxy) is 2. The molecule has 1 aromatic rings. The highest BCUT2D eigenvalue weighted by molar-refractivity contribution is 5.67. The molecule has 0 fully saturated rings. The number of halogens is 2. The van der Waals surface area contributed by atoms with E-state index in [9.17, 15) is 13.6 Å². The molecule has 0 radical (unpaired) electrons. The summed E-state index contributed by atoms with van der Waals surface area (Å²) in [5, 5.41) is 8.62. The number of benzene rings is 1. The first-order valence-corrected chi connectivity index (χ1v) is 5.40. The van der Waals surface area contributed by atoms with Gasteiger partial charge in [0.25, 0.3) is 5.92 Å². The number of aliphatic carboxylic acids is 1. The molecule has 0 saturated carbocycles. The Morgan fingerprint density at radius 1 is 1.39 bits per heavy atom. The summed E-state index contributed by atoms with van der Waals surface area (Å²) in [4.78, 5) is 10.5. The van der Waals surface area contributed by atoms with E-state index in [1.54, 1.807) is 0 Å². The maximum absolute atomic E-state index is 13.5. The quantitative estimate of drug-likeness (QED) is 0.901. The van der Waals surface area contributed by atoms with Crippen molar-refractivity contribution in [3.63, 3.8) is 0 Å². The molecule has 2 rings (SSSR count). The summed E-state index contributed by atoms with van der Waals surface area (Å²) in [6.07, 6.45) is -0.173. The zero-order chi connectivity index (χ0) is 13.3. The molecule has 0 aliphatic carbocycles. The summed E-state index contributed by atoms with van der Waals surface area (Å²) in [6, 6.07) is 2.65. The van der Waals surface area contributed by atoms with Gasteiger partial charge in [-0.1, -0.05) is 0 Å². The van der Waals surface area contributed by atoms with Crippen molar-refractivity contribution in [1.29, 1.82) is 0 Å². The van der Waals surface area contributed by atoms with Crippen LogP contribution in [0.15, 0.2) is 12.1 Å². The molecule has 0 aromatic heterocycles. The highest BCUT2D eigenvalue weighted by Gasteiger charge is 2.30. The first-order chi connectivity index (χ1) is 8.38. The monoisotopic (exact) mass is 258 g/mol. The molecule has 6 heteroatoms. The van der Waals surface area contributed by atoms with Gasteiger partial charge in [0, 0.05) is 18.9 Å². The highest BCUT2D eigenvalue weighted by Crippen LogP contribution is 2.40. The molecular weight excluding hydrogens is 246 g/mol. The third kappa shape index (κ3) is 2.52. The number of carboxylic acid groups (broad SMARTS) is 1. The fourth-order valence-electron chi connectivity index (χ4n) is 1.84. The summed E-state index contributed by atoms with van der Waals surface area (Å²) in [5.74, 6) is -3.43. The maximum atomic E-state index is 13.5. The lowest BCUT2D eigenvalue weighted by molar-refractivity contribution is -0.137. The predicted molar refractivity (Wildman–Crippen MR) is 58.1 cm³/mol. The number of carbonyl (C=O) groups is 1. The van der Waals surface area contributed by atoms with Crippen molar-refractivity contribution in [3.05, 3.63) is 23.3 Å². The van der Waals surface area contributed by atoms with Crippen molar-refractivity contribution in [2.75, 3.05) is 6.79 Å². The van der Waals surface area contributed by atoms with Gasteiger partial charge in [-0.15, -0.1) is 0 Å². The van der Waals surface area contributed by atoms with Crippen LogP contribution in [0.5, 0.6) is 11.5 Å². The van der Waals surface area contributed by atoms with E-state index in [2.05, 4.69) is 0 Å². The molecule has 1 heterocycles. The Labute approximate surface area is 102 Å². The first kappa shape index (κ1) is 12.6. The Hall–Kier alpha value is -1.85. The molecule has 0 saturated heterocycles. The molecule has 1 aliphatic heterocycles. The second-order valence-corrected chi connectivity index (χ2v) is 4.14. The van der Waals surface area contributed by atoms with Gasteiger partial charge in [-0.2, -0.15) is 0 Å². The molecular formula is C12H12F2O4. The van der Waals surface area contributed by atoms with Crippen molar-refractivity contribution in [2.24, 2.45) is 0 Å². The second-order valence-electron chi connectivity index (χ2n) is 4.14. The zero-order valence-corrected chi connectivity index (χ0v) is 9.70. The van der Waals surface area contributed by atoms with E-state index in [0.29, 0.717) is 5.75 Å². The first-order valence-electron chi connectivity index (χ1n) is 5.40. The average Bonchev–Trinajstić information content (AvgIpc) is 2.70. The van der Waals surface area contributed by atoms with Crippen molar-refractivity contribution in [2.45, 2.75) is 25.7 Å². The summed E-state index contributed by atoms with van der Waals surface area (Å²) < 4.78 is 37.1. The van der Waals surface area contributed by atoms with Crippen LogP contribution in [0.4, 0.5) is 8.78 Å². The number of aryl methyl sites for hydroxylation is 1. The Morgan fingerprint density at radius 3 is 2.56 bits per heavy atom. The third-order valence-electron chi connectivity index (χ3n) is 2.68. The lowest BCUT2D eigenvalue weighted by atomic mass is 9.98. The Bertz CT molecular complexity index is 480. The number of rotatable bonds is 4. The van der Waals surface area contributed by atoms with Gasteiger partial charge < -0.3 is 14.6 Å². The maximum Gasteiger partial charge on any atom is 0.303 e. The summed E-state index contributed by atoms with van der Waals surface area (Å²) >= 11 is 0. The Morgan fingerprint density at radius 2 is 2.00 bits per heavy atom. The van der Waals surface area contributed by atoms with Crippen LogP contribution < -0.4 is 9.47 Å². The fourth-order valence-corrected chi connectivity index (χ4v) is 1.84. The molecule has 1 aromatic carbocycles. The van der Waals surface area contributed by atoms with Crippen molar-refractivity contribution in [1.82, 2.24) is 0 Å². The van der Waals surface area contributed by atoms with E-state index in [1.165, 1.54) is 12.1 Å². The van der Waals surface area contributed by atoms with Gasteiger partial charge in [-0.05, 0) is 24.1 Å². The van der Waals surface area contributed by atoms with Crippen LogP contribution in [0.3, 0.4) is 0 Å². The number of fused-ring (bicyclic) bond motifs is 1. The average molecular weight is 258 g/mol. The molecule has 0 atom stereocenters. The van der Waals surface area contributed by atoms with Crippen molar-refractivity contribution >= 4 is 5.97 Å². The molecule has 18 heavy (non-hydrogen) atoms. The van der Waals surface area contributed by atoms with Gasteiger partial charge in [-0.3, -0.25) is 4.79 Å². The molecule has 0 unspecified atom stereocenters. The van der Waals surface area contributed by atoms with E-state index in [0.717, 1.165) is 6.92 Å². The fraction of sp³-hybridized carbons (Fsp3) is 0.417. The van der Waals surface area contributed by atoms with E-state index in [1.807, 2.05) is 0 Å².